The Morgan fingerprint density at radius 3 is 2.86 bits per heavy atom. The maximum atomic E-state index is 13.9. The Hall–Kier alpha value is -1.13. The molecule has 1 spiro atoms. The smallest absolute Gasteiger partial charge is 0.256 e. The molecule has 2 fully saturated rings. The quantitative estimate of drug-likeness (QED) is 0.865. The number of halogens is 2. The molecular weight excluding hydrogens is 293 g/mol. The number of nitrogens with zero attached hydrogens (tertiary/aromatic N) is 1. The summed E-state index contributed by atoms with van der Waals surface area (Å²) < 4.78 is 13.9. The molecule has 21 heavy (non-hydrogen) atoms. The molecule has 1 amide bonds. The van der Waals surface area contributed by atoms with Gasteiger partial charge in [0.25, 0.3) is 5.91 Å². The summed E-state index contributed by atoms with van der Waals surface area (Å²) in [5, 5.41) is 10.6. The summed E-state index contributed by atoms with van der Waals surface area (Å²) in [6.45, 7) is 1.12. The van der Waals surface area contributed by atoms with Gasteiger partial charge in [0.15, 0.2) is 0 Å². The summed E-state index contributed by atoms with van der Waals surface area (Å²) in [5.74, 6) is -0.871. The number of aliphatic hydroxyl groups excluding tert-OH is 1. The summed E-state index contributed by atoms with van der Waals surface area (Å²) in [4.78, 5) is 14.2. The van der Waals surface area contributed by atoms with Gasteiger partial charge in [0.2, 0.25) is 0 Å². The fourth-order valence-electron chi connectivity index (χ4n) is 3.76. The van der Waals surface area contributed by atoms with E-state index in [0.717, 1.165) is 32.1 Å². The van der Waals surface area contributed by atoms with Crippen molar-refractivity contribution in [1.82, 2.24) is 4.90 Å². The molecular formula is C16H19ClFNO2. The van der Waals surface area contributed by atoms with Crippen LogP contribution < -0.4 is 0 Å². The minimum atomic E-state index is -0.545. The van der Waals surface area contributed by atoms with Crippen molar-refractivity contribution in [3.8, 4) is 0 Å². The van der Waals surface area contributed by atoms with Crippen LogP contribution in [0.25, 0.3) is 0 Å². The molecule has 1 aromatic carbocycles. The average Bonchev–Trinajstić information content (AvgIpc) is 2.81. The molecule has 0 radical (unpaired) electrons. The van der Waals surface area contributed by atoms with Gasteiger partial charge in [-0.15, -0.1) is 0 Å². The first-order valence-corrected chi connectivity index (χ1v) is 7.82. The molecule has 0 aromatic heterocycles. The van der Waals surface area contributed by atoms with Crippen molar-refractivity contribution in [2.24, 2.45) is 5.41 Å². The lowest BCUT2D eigenvalue weighted by Gasteiger charge is -2.42. The zero-order valence-electron chi connectivity index (χ0n) is 11.8. The number of aliphatic hydroxyl groups is 1. The van der Waals surface area contributed by atoms with E-state index in [2.05, 4.69) is 0 Å². The zero-order valence-corrected chi connectivity index (χ0v) is 12.6. The maximum absolute atomic E-state index is 13.9. The molecule has 1 heterocycles. The Labute approximate surface area is 128 Å². The molecule has 0 unspecified atom stereocenters. The Morgan fingerprint density at radius 2 is 2.14 bits per heavy atom. The van der Waals surface area contributed by atoms with Crippen molar-refractivity contribution in [3.05, 3.63) is 34.6 Å². The molecule has 5 heteroatoms. The Balaban J connectivity index is 1.83. The standard InChI is InChI=1S/C16H19ClFNO2/c17-11-4-5-13(18)12(9-11)15(21)19-8-2-7-16(10-19)6-1-3-14(16)20/h4-5,9,14,20H,1-3,6-8,10H2/t14-,16+/m1/s1. The van der Waals surface area contributed by atoms with Crippen LogP contribution in [-0.2, 0) is 0 Å². The molecule has 114 valence electrons. The van der Waals surface area contributed by atoms with Gasteiger partial charge in [-0.3, -0.25) is 4.79 Å². The van der Waals surface area contributed by atoms with Crippen LogP contribution in [0.2, 0.25) is 5.02 Å². The minimum absolute atomic E-state index is 0.0204. The molecule has 1 saturated heterocycles. The van der Waals surface area contributed by atoms with Gasteiger partial charge in [0.05, 0.1) is 11.7 Å². The van der Waals surface area contributed by atoms with Crippen LogP contribution in [0.3, 0.4) is 0 Å². The summed E-state index contributed by atoms with van der Waals surface area (Å²) in [7, 11) is 0. The third-order valence-corrected chi connectivity index (χ3v) is 5.15. The Morgan fingerprint density at radius 1 is 1.38 bits per heavy atom. The van der Waals surface area contributed by atoms with Crippen LogP contribution in [-0.4, -0.2) is 35.1 Å². The van der Waals surface area contributed by atoms with E-state index in [1.54, 1.807) is 4.90 Å². The number of piperidine rings is 1. The Bertz CT molecular complexity index is 565. The van der Waals surface area contributed by atoms with Crippen LogP contribution in [0.4, 0.5) is 4.39 Å². The molecule has 1 saturated carbocycles. The fraction of sp³-hybridized carbons (Fsp3) is 0.562. The van der Waals surface area contributed by atoms with Gasteiger partial charge in [0, 0.05) is 23.5 Å². The molecule has 3 nitrogen and oxygen atoms in total. The molecule has 0 bridgehead atoms. The normalized spacial score (nSPS) is 29.1. The first-order valence-electron chi connectivity index (χ1n) is 7.44. The first kappa shape index (κ1) is 14.8. The van der Waals surface area contributed by atoms with Crippen molar-refractivity contribution in [1.29, 1.82) is 0 Å². The number of carbonyl (C=O) groups excluding carboxylic acids is 1. The highest BCUT2D eigenvalue weighted by molar-refractivity contribution is 6.31. The number of amides is 1. The highest BCUT2D eigenvalue weighted by atomic mass is 35.5. The topological polar surface area (TPSA) is 40.5 Å². The van der Waals surface area contributed by atoms with Crippen LogP contribution >= 0.6 is 11.6 Å². The van der Waals surface area contributed by atoms with Gasteiger partial charge in [-0.05, 0) is 43.9 Å². The summed E-state index contributed by atoms with van der Waals surface area (Å²) in [5.41, 5.74) is -0.171. The number of likely N-dealkylation sites (tertiary alicyclic amines) is 1. The third kappa shape index (κ3) is 2.67. The number of hydrogen-bond donors (Lipinski definition) is 1. The molecule has 2 aliphatic rings. The van der Waals surface area contributed by atoms with E-state index in [1.165, 1.54) is 18.2 Å². The number of hydrogen-bond acceptors (Lipinski definition) is 2. The van der Waals surface area contributed by atoms with Crippen molar-refractivity contribution in [3.63, 3.8) is 0 Å². The van der Waals surface area contributed by atoms with Gasteiger partial charge >= 0.3 is 0 Å². The second-order valence-corrected chi connectivity index (χ2v) is 6.66. The maximum Gasteiger partial charge on any atom is 0.256 e. The van der Waals surface area contributed by atoms with Gasteiger partial charge in [-0.1, -0.05) is 18.0 Å². The van der Waals surface area contributed by atoms with Crippen molar-refractivity contribution in [2.45, 2.75) is 38.2 Å². The lowest BCUT2D eigenvalue weighted by atomic mass is 9.76. The molecule has 1 aliphatic carbocycles. The first-order chi connectivity index (χ1) is 10.0. The van der Waals surface area contributed by atoms with Crippen LogP contribution in [0.15, 0.2) is 18.2 Å². The minimum Gasteiger partial charge on any atom is -0.392 e. The van der Waals surface area contributed by atoms with E-state index >= 15 is 0 Å². The zero-order chi connectivity index (χ0) is 15.0. The average molecular weight is 312 g/mol. The molecule has 1 aromatic rings. The van der Waals surface area contributed by atoms with E-state index in [4.69, 9.17) is 11.6 Å². The van der Waals surface area contributed by atoms with Crippen LogP contribution in [0.1, 0.15) is 42.5 Å². The van der Waals surface area contributed by atoms with Gasteiger partial charge in [0.1, 0.15) is 5.82 Å². The molecule has 2 atom stereocenters. The van der Waals surface area contributed by atoms with Gasteiger partial charge < -0.3 is 10.0 Å². The summed E-state index contributed by atoms with van der Waals surface area (Å²) >= 11 is 5.87. The van der Waals surface area contributed by atoms with Crippen molar-refractivity contribution >= 4 is 17.5 Å². The largest absolute Gasteiger partial charge is 0.392 e. The lowest BCUT2D eigenvalue weighted by molar-refractivity contribution is -0.00549. The van der Waals surface area contributed by atoms with E-state index in [1.807, 2.05) is 0 Å². The lowest BCUT2D eigenvalue weighted by Crippen LogP contribution is -2.49. The Kier molecular flexibility index (Phi) is 3.93. The fourth-order valence-corrected chi connectivity index (χ4v) is 3.93. The predicted molar refractivity (Wildman–Crippen MR) is 78.8 cm³/mol. The van der Waals surface area contributed by atoms with E-state index in [0.29, 0.717) is 18.1 Å². The highest BCUT2D eigenvalue weighted by Crippen LogP contribution is 2.45. The van der Waals surface area contributed by atoms with E-state index < -0.39 is 5.82 Å². The number of carbonyl (C=O) groups is 1. The van der Waals surface area contributed by atoms with Crippen molar-refractivity contribution in [2.75, 3.05) is 13.1 Å². The summed E-state index contributed by atoms with van der Waals surface area (Å²) in [6, 6.07) is 4.04. The summed E-state index contributed by atoms with van der Waals surface area (Å²) in [6.07, 6.45) is 4.18. The number of benzene rings is 1. The van der Waals surface area contributed by atoms with Crippen molar-refractivity contribution < 1.29 is 14.3 Å². The molecule has 3 rings (SSSR count). The van der Waals surface area contributed by atoms with Crippen LogP contribution in [0, 0.1) is 11.2 Å². The molecule has 1 N–H and O–H groups in total. The highest BCUT2D eigenvalue weighted by Gasteiger charge is 2.45. The second kappa shape index (κ2) is 5.58. The van der Waals surface area contributed by atoms with E-state index in [9.17, 15) is 14.3 Å². The third-order valence-electron chi connectivity index (χ3n) is 4.91. The SMILES string of the molecule is O=C(c1cc(Cl)ccc1F)N1CCC[C@@]2(CCC[C@H]2O)C1. The van der Waals surface area contributed by atoms with Gasteiger partial charge in [-0.25, -0.2) is 4.39 Å². The van der Waals surface area contributed by atoms with Crippen LogP contribution in [0.5, 0.6) is 0 Å². The predicted octanol–water partition coefficient (Wildman–Crippen LogP) is 3.25. The molecule has 1 aliphatic heterocycles. The second-order valence-electron chi connectivity index (χ2n) is 6.22. The van der Waals surface area contributed by atoms with E-state index in [-0.39, 0.29) is 23.0 Å². The number of rotatable bonds is 1. The van der Waals surface area contributed by atoms with Gasteiger partial charge in [-0.2, -0.15) is 0 Å². The monoisotopic (exact) mass is 311 g/mol.